The normalized spacial score (nSPS) is 11.9. The van der Waals surface area contributed by atoms with Gasteiger partial charge in [-0.15, -0.1) is 26.3 Å². The number of nitrogens with zero attached hydrogens (tertiary/aromatic N) is 4. The third kappa shape index (κ3) is 3.87. The van der Waals surface area contributed by atoms with Crippen LogP contribution in [0.1, 0.15) is 22.3 Å². The fourth-order valence-electron chi connectivity index (χ4n) is 4.85. The van der Waals surface area contributed by atoms with E-state index >= 15 is 8.78 Å². The van der Waals surface area contributed by atoms with Crippen LogP contribution in [0.3, 0.4) is 0 Å². The molecule has 0 heterocycles. The average Bonchev–Trinajstić information content (AvgIpc) is 3.19. The molecule has 41 heavy (non-hydrogen) atoms. The number of benzene rings is 4. The van der Waals surface area contributed by atoms with Gasteiger partial charge < -0.3 is 9.47 Å². The zero-order valence-corrected chi connectivity index (χ0v) is 19.2. The first-order valence-corrected chi connectivity index (χ1v) is 10.6. The van der Waals surface area contributed by atoms with E-state index in [0.29, 0.717) is 6.07 Å². The predicted octanol–water partition coefficient (Wildman–Crippen LogP) is 7.34. The summed E-state index contributed by atoms with van der Waals surface area (Å²) in [5.41, 5.74) is -5.72. The number of halogens is 9. The molecule has 0 spiro atoms. The molecule has 15 heteroatoms. The van der Waals surface area contributed by atoms with Crippen LogP contribution in [0.25, 0.3) is 43.8 Å². The number of fused-ring (bicyclic) bond motifs is 5. The van der Waals surface area contributed by atoms with E-state index in [2.05, 4.69) is 9.47 Å². The highest BCUT2D eigenvalue weighted by molar-refractivity contribution is 6.28. The lowest BCUT2D eigenvalue weighted by molar-refractivity contribution is -0.275. The second-order valence-corrected chi connectivity index (χ2v) is 8.30. The molecule has 0 radical (unpaired) electrons. The predicted molar refractivity (Wildman–Crippen MR) is 118 cm³/mol. The molecule has 0 bridgehead atoms. The highest BCUT2D eigenvalue weighted by Gasteiger charge is 2.40. The fourth-order valence-corrected chi connectivity index (χ4v) is 4.85. The Bertz CT molecular complexity index is 2060. The van der Waals surface area contributed by atoms with Crippen LogP contribution in [0, 0.1) is 62.8 Å². The maximum absolute atomic E-state index is 15.6. The quantitative estimate of drug-likeness (QED) is 0.124. The van der Waals surface area contributed by atoms with Crippen LogP contribution in [-0.4, -0.2) is 12.7 Å². The summed E-state index contributed by atoms with van der Waals surface area (Å²) in [7, 11) is 0. The lowest BCUT2D eigenvalue weighted by Gasteiger charge is -2.18. The molecule has 0 aliphatic heterocycles. The molecule has 202 valence electrons. The molecule has 6 nitrogen and oxygen atoms in total. The van der Waals surface area contributed by atoms with Gasteiger partial charge >= 0.3 is 12.7 Å². The Hall–Kier alpha value is -5.67. The van der Waals surface area contributed by atoms with Gasteiger partial charge in [-0.1, -0.05) is 0 Å². The van der Waals surface area contributed by atoms with Crippen LogP contribution in [0.15, 0.2) is 18.2 Å². The van der Waals surface area contributed by atoms with Crippen molar-refractivity contribution in [2.24, 2.45) is 0 Å². The zero-order chi connectivity index (χ0) is 30.2. The highest BCUT2D eigenvalue weighted by Crippen LogP contribution is 2.57. The van der Waals surface area contributed by atoms with Crippen LogP contribution in [0.5, 0.6) is 11.5 Å². The van der Waals surface area contributed by atoms with E-state index in [1.807, 2.05) is 0 Å². The first-order valence-electron chi connectivity index (χ1n) is 10.6. The summed E-state index contributed by atoms with van der Waals surface area (Å²) < 4.78 is 133. The van der Waals surface area contributed by atoms with Crippen molar-refractivity contribution in [2.45, 2.75) is 12.7 Å². The van der Waals surface area contributed by atoms with Crippen LogP contribution in [0.2, 0.25) is 0 Å². The number of ether oxygens (including phenoxy) is 2. The topological polar surface area (TPSA) is 114 Å². The Labute approximate surface area is 220 Å². The molecule has 1 aliphatic carbocycles. The largest absolute Gasteiger partial charge is 0.573 e. The van der Waals surface area contributed by atoms with Gasteiger partial charge in [-0.3, -0.25) is 0 Å². The van der Waals surface area contributed by atoms with Gasteiger partial charge in [0.25, 0.3) is 0 Å². The molecule has 0 aromatic heterocycles. The molecule has 1 aliphatic rings. The van der Waals surface area contributed by atoms with Crippen molar-refractivity contribution in [1.82, 2.24) is 0 Å². The van der Waals surface area contributed by atoms with Gasteiger partial charge in [0, 0.05) is 27.1 Å². The van der Waals surface area contributed by atoms with Gasteiger partial charge in [0.15, 0.2) is 23.2 Å². The van der Waals surface area contributed by atoms with Crippen LogP contribution < -0.4 is 9.47 Å². The third-order valence-corrected chi connectivity index (χ3v) is 6.19. The number of alkyl halides is 6. The van der Waals surface area contributed by atoms with E-state index in [9.17, 15) is 51.8 Å². The molecule has 0 N–H and O–H groups in total. The van der Waals surface area contributed by atoms with Crippen molar-refractivity contribution in [2.75, 3.05) is 0 Å². The molecular weight excluding hydrogens is 571 g/mol. The van der Waals surface area contributed by atoms with E-state index in [4.69, 9.17) is 0 Å². The Morgan fingerprint density at radius 2 is 1.12 bits per heavy atom. The lowest BCUT2D eigenvalue weighted by atomic mass is 9.88. The summed E-state index contributed by atoms with van der Waals surface area (Å²) in [6, 6.07) is 7.52. The molecule has 0 saturated heterocycles. The summed E-state index contributed by atoms with van der Waals surface area (Å²) in [5, 5.41) is 34.2. The summed E-state index contributed by atoms with van der Waals surface area (Å²) in [6.45, 7) is 0. The minimum atomic E-state index is -5.55. The van der Waals surface area contributed by atoms with Crippen molar-refractivity contribution < 1.29 is 49.0 Å². The Morgan fingerprint density at radius 1 is 0.537 bits per heavy atom. The van der Waals surface area contributed by atoms with Gasteiger partial charge in [0.05, 0.1) is 16.7 Å². The second kappa shape index (κ2) is 8.67. The van der Waals surface area contributed by atoms with Crippen molar-refractivity contribution in [3.8, 4) is 58.0 Å². The van der Waals surface area contributed by atoms with Crippen molar-refractivity contribution in [3.63, 3.8) is 0 Å². The van der Waals surface area contributed by atoms with Crippen LogP contribution in [0.4, 0.5) is 39.5 Å². The highest BCUT2D eigenvalue weighted by atomic mass is 19.4. The smallest absolute Gasteiger partial charge is 0.404 e. The van der Waals surface area contributed by atoms with E-state index in [-0.39, 0.29) is 11.1 Å². The van der Waals surface area contributed by atoms with Gasteiger partial charge in [0.1, 0.15) is 35.6 Å². The van der Waals surface area contributed by atoms with E-state index in [1.165, 1.54) is 18.2 Å². The molecule has 0 saturated carbocycles. The first kappa shape index (κ1) is 26.9. The van der Waals surface area contributed by atoms with Crippen LogP contribution >= 0.6 is 0 Å². The van der Waals surface area contributed by atoms with E-state index in [0.717, 1.165) is 18.2 Å². The SMILES string of the molecule is N#Cc1cc2c(cc1OC(F)(F)F)-c1c(C#N)c3c(F)c(F)c(C#N)c(F)c3c3c(OC(F)(F)F)c(C#N)cc-2c13. The molecule has 0 atom stereocenters. The minimum absolute atomic E-state index is 0.236. The Kier molecular flexibility index (Phi) is 5.69. The maximum atomic E-state index is 15.6. The minimum Gasteiger partial charge on any atom is -0.404 e. The molecule has 0 unspecified atom stereocenters. The summed E-state index contributed by atoms with van der Waals surface area (Å²) in [4.78, 5) is 0. The number of nitriles is 4. The molecule has 5 rings (SSSR count). The monoisotopic (exact) mass is 574 g/mol. The van der Waals surface area contributed by atoms with Gasteiger partial charge in [-0.05, 0) is 34.9 Å². The van der Waals surface area contributed by atoms with Gasteiger partial charge in [-0.2, -0.15) is 21.0 Å². The number of hydrogen-bond acceptors (Lipinski definition) is 6. The van der Waals surface area contributed by atoms with Crippen molar-refractivity contribution in [1.29, 1.82) is 21.0 Å². The lowest BCUT2D eigenvalue weighted by Crippen LogP contribution is -2.18. The van der Waals surface area contributed by atoms with Gasteiger partial charge in [0.2, 0.25) is 0 Å². The maximum Gasteiger partial charge on any atom is 0.573 e. The zero-order valence-electron chi connectivity index (χ0n) is 19.2. The summed E-state index contributed by atoms with van der Waals surface area (Å²) in [6.07, 6.45) is -10.9. The molecule has 0 fully saturated rings. The third-order valence-electron chi connectivity index (χ3n) is 6.19. The molecule has 4 aromatic carbocycles. The average molecular weight is 574 g/mol. The molecule has 0 amide bonds. The number of hydrogen-bond donors (Lipinski definition) is 0. The van der Waals surface area contributed by atoms with Crippen molar-refractivity contribution >= 4 is 21.5 Å². The van der Waals surface area contributed by atoms with Gasteiger partial charge in [-0.25, -0.2) is 13.2 Å². The van der Waals surface area contributed by atoms with E-state index in [1.54, 1.807) is 0 Å². The molecular formula is C26H3F9N4O2. The van der Waals surface area contributed by atoms with Crippen molar-refractivity contribution in [3.05, 3.63) is 57.9 Å². The van der Waals surface area contributed by atoms with Crippen LogP contribution in [-0.2, 0) is 0 Å². The Balaban J connectivity index is 2.15. The Morgan fingerprint density at radius 3 is 1.66 bits per heavy atom. The fraction of sp³-hybridized carbons (Fsp3) is 0.0769. The summed E-state index contributed by atoms with van der Waals surface area (Å²) >= 11 is 0. The number of rotatable bonds is 2. The first-order chi connectivity index (χ1) is 19.2. The molecule has 4 aromatic rings. The van der Waals surface area contributed by atoms with E-state index < -0.39 is 96.6 Å². The summed E-state index contributed by atoms with van der Waals surface area (Å²) in [5.74, 6) is -8.57. The second-order valence-electron chi connectivity index (χ2n) is 8.30. The standard InChI is InChI=1S/C26H3F9N4O2/c27-21-14(7-39)22(28)23(29)18-13(6-38)16-12-3-15(40-25(30,31)32)8(4-36)1-10(12)11-2-9(5-37)24(41-26(33,34)35)20(17(11)16)19(18)21/h1-3H.